The molecule has 0 radical (unpaired) electrons. The molecule has 0 bridgehead atoms. The van der Waals surface area contributed by atoms with Gasteiger partial charge in [0.05, 0.1) is 6.26 Å². The Balaban J connectivity index is 1.53. The Morgan fingerprint density at radius 3 is 2.86 bits per heavy atom. The Labute approximate surface area is 127 Å². The van der Waals surface area contributed by atoms with Crippen molar-refractivity contribution < 1.29 is 4.42 Å². The molecule has 1 aromatic carbocycles. The highest BCUT2D eigenvalue weighted by Gasteiger charge is 2.17. The smallest absolute Gasteiger partial charge is 0.105 e. The largest absolute Gasteiger partial charge is 0.469 e. The molecular formula is C18H24N2O. The third-order valence-electron chi connectivity index (χ3n) is 4.14. The van der Waals surface area contributed by atoms with Crippen LogP contribution in [0.2, 0.25) is 0 Å². The van der Waals surface area contributed by atoms with Gasteiger partial charge in [-0.15, -0.1) is 0 Å². The second-order valence-electron chi connectivity index (χ2n) is 5.82. The molecule has 2 aromatic rings. The van der Waals surface area contributed by atoms with Crippen LogP contribution in [0.5, 0.6) is 0 Å². The van der Waals surface area contributed by atoms with Gasteiger partial charge in [0.2, 0.25) is 0 Å². The van der Waals surface area contributed by atoms with E-state index in [1.165, 1.54) is 18.5 Å². The average molecular weight is 284 g/mol. The van der Waals surface area contributed by atoms with E-state index < -0.39 is 0 Å². The lowest BCUT2D eigenvalue weighted by Crippen LogP contribution is -2.39. The SMILES string of the molecule is c1ccc(CC2CN(CCc3ccco3)CCCN2)cc1. The zero-order valence-electron chi connectivity index (χ0n) is 12.5. The van der Waals surface area contributed by atoms with Crippen molar-refractivity contribution in [3.05, 3.63) is 60.1 Å². The van der Waals surface area contributed by atoms with E-state index in [0.717, 1.165) is 38.2 Å². The molecule has 1 atom stereocenters. The first-order chi connectivity index (χ1) is 10.4. The van der Waals surface area contributed by atoms with E-state index in [1.54, 1.807) is 6.26 Å². The number of hydrogen-bond donors (Lipinski definition) is 1. The zero-order valence-corrected chi connectivity index (χ0v) is 12.5. The molecule has 0 amide bonds. The number of nitrogens with one attached hydrogen (secondary N) is 1. The molecule has 1 aliphatic rings. The standard InChI is InChI=1S/C18H24N2O/c1-2-6-16(7-3-1)14-17-15-20(11-5-10-19-17)12-9-18-8-4-13-21-18/h1-4,6-8,13,17,19H,5,9-12,14-15H2. The lowest BCUT2D eigenvalue weighted by Gasteiger charge is -2.24. The summed E-state index contributed by atoms with van der Waals surface area (Å²) in [4.78, 5) is 2.57. The molecule has 21 heavy (non-hydrogen) atoms. The van der Waals surface area contributed by atoms with E-state index in [-0.39, 0.29) is 0 Å². The summed E-state index contributed by atoms with van der Waals surface area (Å²) in [5, 5.41) is 3.69. The van der Waals surface area contributed by atoms with E-state index in [2.05, 4.69) is 46.6 Å². The van der Waals surface area contributed by atoms with Crippen molar-refractivity contribution >= 4 is 0 Å². The van der Waals surface area contributed by atoms with E-state index in [9.17, 15) is 0 Å². The molecule has 3 nitrogen and oxygen atoms in total. The van der Waals surface area contributed by atoms with E-state index >= 15 is 0 Å². The Hall–Kier alpha value is -1.58. The Morgan fingerprint density at radius 2 is 2.05 bits per heavy atom. The first-order valence-corrected chi connectivity index (χ1v) is 7.92. The number of benzene rings is 1. The van der Waals surface area contributed by atoms with Crippen LogP contribution in [-0.4, -0.2) is 37.1 Å². The van der Waals surface area contributed by atoms with E-state index in [0.29, 0.717) is 6.04 Å². The monoisotopic (exact) mass is 284 g/mol. The lowest BCUT2D eigenvalue weighted by atomic mass is 10.1. The Kier molecular flexibility index (Phi) is 5.08. The second-order valence-corrected chi connectivity index (χ2v) is 5.82. The fourth-order valence-corrected chi connectivity index (χ4v) is 3.04. The minimum absolute atomic E-state index is 0.548. The molecule has 0 saturated carbocycles. The van der Waals surface area contributed by atoms with Crippen molar-refractivity contribution in [2.24, 2.45) is 0 Å². The van der Waals surface area contributed by atoms with Crippen molar-refractivity contribution in [2.45, 2.75) is 25.3 Å². The van der Waals surface area contributed by atoms with Gasteiger partial charge in [-0.1, -0.05) is 30.3 Å². The summed E-state index contributed by atoms with van der Waals surface area (Å²) in [6, 6.07) is 15.4. The maximum atomic E-state index is 5.44. The molecule has 1 saturated heterocycles. The minimum Gasteiger partial charge on any atom is -0.469 e. The van der Waals surface area contributed by atoms with Crippen molar-refractivity contribution in [3.63, 3.8) is 0 Å². The fourth-order valence-electron chi connectivity index (χ4n) is 3.04. The van der Waals surface area contributed by atoms with Gasteiger partial charge >= 0.3 is 0 Å². The van der Waals surface area contributed by atoms with E-state index in [1.807, 2.05) is 6.07 Å². The van der Waals surface area contributed by atoms with Gasteiger partial charge in [0, 0.05) is 25.6 Å². The van der Waals surface area contributed by atoms with E-state index in [4.69, 9.17) is 4.42 Å². The fraction of sp³-hybridized carbons (Fsp3) is 0.444. The molecule has 1 unspecified atom stereocenters. The van der Waals surface area contributed by atoms with Crippen LogP contribution >= 0.6 is 0 Å². The molecule has 0 aliphatic carbocycles. The lowest BCUT2D eigenvalue weighted by molar-refractivity contribution is 0.264. The quantitative estimate of drug-likeness (QED) is 0.915. The van der Waals surface area contributed by atoms with Crippen molar-refractivity contribution in [3.8, 4) is 0 Å². The zero-order chi connectivity index (χ0) is 14.3. The van der Waals surface area contributed by atoms with Gasteiger partial charge in [0.25, 0.3) is 0 Å². The maximum Gasteiger partial charge on any atom is 0.105 e. The Bertz CT molecular complexity index is 509. The molecule has 3 heteroatoms. The number of rotatable bonds is 5. The summed E-state index contributed by atoms with van der Waals surface area (Å²) in [6.45, 7) is 4.50. The van der Waals surface area contributed by atoms with Crippen LogP contribution in [0.4, 0.5) is 0 Å². The first-order valence-electron chi connectivity index (χ1n) is 7.92. The predicted molar refractivity (Wildman–Crippen MR) is 85.4 cm³/mol. The van der Waals surface area contributed by atoms with Crippen LogP contribution < -0.4 is 5.32 Å². The molecule has 3 rings (SSSR count). The van der Waals surface area contributed by atoms with Crippen LogP contribution in [0.1, 0.15) is 17.7 Å². The number of furan rings is 1. The molecule has 1 aliphatic heterocycles. The molecule has 2 heterocycles. The van der Waals surface area contributed by atoms with Crippen molar-refractivity contribution in [2.75, 3.05) is 26.2 Å². The third-order valence-corrected chi connectivity index (χ3v) is 4.14. The molecule has 1 N–H and O–H groups in total. The Morgan fingerprint density at radius 1 is 1.14 bits per heavy atom. The van der Waals surface area contributed by atoms with Gasteiger partial charge in [-0.2, -0.15) is 0 Å². The van der Waals surface area contributed by atoms with Crippen LogP contribution in [-0.2, 0) is 12.8 Å². The molecule has 1 aromatic heterocycles. The molecular weight excluding hydrogens is 260 g/mol. The number of hydrogen-bond acceptors (Lipinski definition) is 3. The predicted octanol–water partition coefficient (Wildman–Crippen LogP) is 2.73. The molecule has 0 spiro atoms. The van der Waals surface area contributed by atoms with Gasteiger partial charge in [0.1, 0.15) is 5.76 Å². The van der Waals surface area contributed by atoms with Crippen LogP contribution in [0.3, 0.4) is 0 Å². The number of nitrogens with zero attached hydrogens (tertiary/aromatic N) is 1. The van der Waals surface area contributed by atoms with Crippen LogP contribution in [0, 0.1) is 0 Å². The summed E-state index contributed by atoms with van der Waals surface area (Å²) in [5.41, 5.74) is 1.42. The van der Waals surface area contributed by atoms with Gasteiger partial charge in [0.15, 0.2) is 0 Å². The maximum absolute atomic E-state index is 5.44. The van der Waals surface area contributed by atoms with Gasteiger partial charge in [-0.25, -0.2) is 0 Å². The topological polar surface area (TPSA) is 28.4 Å². The third kappa shape index (κ3) is 4.45. The molecule has 1 fully saturated rings. The van der Waals surface area contributed by atoms with Crippen molar-refractivity contribution in [1.82, 2.24) is 10.2 Å². The highest BCUT2D eigenvalue weighted by molar-refractivity contribution is 5.16. The summed E-state index contributed by atoms with van der Waals surface area (Å²) < 4.78 is 5.44. The second kappa shape index (κ2) is 7.43. The van der Waals surface area contributed by atoms with Gasteiger partial charge in [-0.05, 0) is 43.6 Å². The summed E-state index contributed by atoms with van der Waals surface area (Å²) in [5.74, 6) is 1.09. The summed E-state index contributed by atoms with van der Waals surface area (Å²) in [6.07, 6.45) is 5.10. The highest BCUT2D eigenvalue weighted by atomic mass is 16.3. The first kappa shape index (κ1) is 14.4. The van der Waals surface area contributed by atoms with Gasteiger partial charge < -0.3 is 14.6 Å². The normalized spacial score (nSPS) is 20.3. The van der Waals surface area contributed by atoms with Gasteiger partial charge in [-0.3, -0.25) is 0 Å². The summed E-state index contributed by atoms with van der Waals surface area (Å²) >= 11 is 0. The van der Waals surface area contributed by atoms with Crippen LogP contribution in [0.25, 0.3) is 0 Å². The van der Waals surface area contributed by atoms with Crippen LogP contribution in [0.15, 0.2) is 53.1 Å². The highest BCUT2D eigenvalue weighted by Crippen LogP contribution is 2.09. The summed E-state index contributed by atoms with van der Waals surface area (Å²) in [7, 11) is 0. The average Bonchev–Trinajstić information content (AvgIpc) is 2.93. The van der Waals surface area contributed by atoms with Crippen molar-refractivity contribution in [1.29, 1.82) is 0 Å². The molecule has 112 valence electrons. The minimum atomic E-state index is 0.548.